The van der Waals surface area contributed by atoms with E-state index in [-0.39, 0.29) is 11.9 Å². The van der Waals surface area contributed by atoms with Crippen molar-refractivity contribution in [2.45, 2.75) is 32.7 Å². The Morgan fingerprint density at radius 1 is 1.10 bits per heavy atom. The highest BCUT2D eigenvalue weighted by Gasteiger charge is 2.17. The molecule has 0 fully saturated rings. The molecule has 1 N–H and O–H groups in total. The van der Waals surface area contributed by atoms with Gasteiger partial charge in [-0.3, -0.25) is 0 Å². The first-order chi connectivity index (χ1) is 10.2. The molecule has 2 aromatic carbocycles. The second-order valence-electron chi connectivity index (χ2n) is 5.15. The lowest BCUT2D eigenvalue weighted by Gasteiger charge is -2.20. The normalized spacial score (nSPS) is 12.4. The van der Waals surface area contributed by atoms with Crippen molar-refractivity contribution >= 4 is 15.9 Å². The maximum Gasteiger partial charge on any atom is 0.129 e. The van der Waals surface area contributed by atoms with Crippen molar-refractivity contribution in [3.8, 4) is 0 Å². The van der Waals surface area contributed by atoms with Crippen LogP contribution in [-0.2, 0) is 6.42 Å². The molecule has 3 heteroatoms. The molecule has 0 spiro atoms. The summed E-state index contributed by atoms with van der Waals surface area (Å²) in [6, 6.07) is 13.6. The molecule has 0 saturated heterocycles. The van der Waals surface area contributed by atoms with Gasteiger partial charge in [0.2, 0.25) is 0 Å². The van der Waals surface area contributed by atoms with Crippen molar-refractivity contribution < 1.29 is 4.39 Å². The standard InChI is InChI=1S/C18H21BrFN/c1-3-5-13-6-8-14(9-7-13)18(21-4-2)16-11-10-15(19)12-17(16)20/h6-12,18,21H,3-5H2,1-2H3. The fourth-order valence-corrected chi connectivity index (χ4v) is 2.85. The third-order valence-electron chi connectivity index (χ3n) is 3.53. The average molecular weight is 350 g/mol. The molecular formula is C18H21BrFN. The number of rotatable bonds is 6. The molecule has 0 amide bonds. The summed E-state index contributed by atoms with van der Waals surface area (Å²) >= 11 is 3.31. The number of benzene rings is 2. The van der Waals surface area contributed by atoms with Crippen molar-refractivity contribution in [2.24, 2.45) is 0 Å². The zero-order chi connectivity index (χ0) is 15.2. The van der Waals surface area contributed by atoms with Crippen molar-refractivity contribution in [1.29, 1.82) is 0 Å². The van der Waals surface area contributed by atoms with Gasteiger partial charge in [0.05, 0.1) is 6.04 Å². The van der Waals surface area contributed by atoms with Gasteiger partial charge < -0.3 is 5.32 Å². The van der Waals surface area contributed by atoms with E-state index in [1.807, 2.05) is 19.1 Å². The predicted octanol–water partition coefficient (Wildman–Crippen LogP) is 5.24. The molecule has 1 unspecified atom stereocenters. The molecule has 21 heavy (non-hydrogen) atoms. The van der Waals surface area contributed by atoms with E-state index in [1.165, 1.54) is 11.6 Å². The van der Waals surface area contributed by atoms with Crippen LogP contribution in [-0.4, -0.2) is 6.54 Å². The van der Waals surface area contributed by atoms with Crippen LogP contribution >= 0.6 is 15.9 Å². The van der Waals surface area contributed by atoms with E-state index >= 15 is 0 Å². The maximum absolute atomic E-state index is 14.2. The quantitative estimate of drug-likeness (QED) is 0.751. The van der Waals surface area contributed by atoms with E-state index in [1.54, 1.807) is 0 Å². The van der Waals surface area contributed by atoms with Crippen LogP contribution in [0, 0.1) is 5.82 Å². The van der Waals surface area contributed by atoms with Crippen LogP contribution in [0.25, 0.3) is 0 Å². The molecule has 2 aromatic rings. The Morgan fingerprint density at radius 2 is 1.81 bits per heavy atom. The first kappa shape index (κ1) is 16.2. The van der Waals surface area contributed by atoms with E-state index in [0.717, 1.165) is 29.4 Å². The summed E-state index contributed by atoms with van der Waals surface area (Å²) in [4.78, 5) is 0. The lowest BCUT2D eigenvalue weighted by atomic mass is 9.96. The average Bonchev–Trinajstić information content (AvgIpc) is 2.47. The Hall–Kier alpha value is -1.19. The van der Waals surface area contributed by atoms with Crippen molar-refractivity contribution in [2.75, 3.05) is 6.54 Å². The Morgan fingerprint density at radius 3 is 2.38 bits per heavy atom. The van der Waals surface area contributed by atoms with Crippen LogP contribution in [0.3, 0.4) is 0 Å². The minimum absolute atomic E-state index is 0.112. The minimum atomic E-state index is -0.187. The van der Waals surface area contributed by atoms with Gasteiger partial charge >= 0.3 is 0 Å². The number of aryl methyl sites for hydroxylation is 1. The SMILES string of the molecule is CCCc1ccc(C(NCC)c2ccc(Br)cc2F)cc1. The van der Waals surface area contributed by atoms with Gasteiger partial charge in [0, 0.05) is 10.0 Å². The lowest BCUT2D eigenvalue weighted by molar-refractivity contribution is 0.558. The predicted molar refractivity (Wildman–Crippen MR) is 90.1 cm³/mol. The Kier molecular flexibility index (Phi) is 5.95. The first-order valence-corrected chi connectivity index (χ1v) is 8.22. The Balaban J connectivity index is 2.33. The Labute approximate surface area is 134 Å². The van der Waals surface area contributed by atoms with Crippen LogP contribution in [0.1, 0.15) is 43.0 Å². The zero-order valence-corrected chi connectivity index (χ0v) is 14.1. The van der Waals surface area contributed by atoms with Crippen molar-refractivity contribution in [3.05, 3.63) is 69.4 Å². The minimum Gasteiger partial charge on any atom is -0.306 e. The summed E-state index contributed by atoms with van der Waals surface area (Å²) < 4.78 is 15.0. The molecule has 0 saturated carbocycles. The molecule has 2 rings (SSSR count). The highest BCUT2D eigenvalue weighted by Crippen LogP contribution is 2.27. The summed E-state index contributed by atoms with van der Waals surface area (Å²) in [6.45, 7) is 5.00. The molecule has 0 aliphatic rings. The molecule has 0 aromatic heterocycles. The summed E-state index contributed by atoms with van der Waals surface area (Å²) in [5.74, 6) is -0.187. The van der Waals surface area contributed by atoms with Gasteiger partial charge in [0.15, 0.2) is 0 Å². The molecule has 1 atom stereocenters. The fourth-order valence-electron chi connectivity index (χ4n) is 2.51. The van der Waals surface area contributed by atoms with Gasteiger partial charge in [0.25, 0.3) is 0 Å². The number of halogens is 2. The Bertz CT molecular complexity index is 580. The fraction of sp³-hybridized carbons (Fsp3) is 0.333. The molecule has 0 bridgehead atoms. The van der Waals surface area contributed by atoms with Gasteiger partial charge in [-0.15, -0.1) is 0 Å². The smallest absolute Gasteiger partial charge is 0.129 e. The van der Waals surface area contributed by atoms with Crippen LogP contribution in [0.15, 0.2) is 46.9 Å². The van der Waals surface area contributed by atoms with Crippen LogP contribution in [0.2, 0.25) is 0 Å². The second-order valence-corrected chi connectivity index (χ2v) is 6.06. The van der Waals surface area contributed by atoms with E-state index in [9.17, 15) is 4.39 Å². The van der Waals surface area contributed by atoms with Gasteiger partial charge in [-0.2, -0.15) is 0 Å². The number of hydrogen-bond donors (Lipinski definition) is 1. The third-order valence-corrected chi connectivity index (χ3v) is 4.03. The second kappa shape index (κ2) is 7.71. The number of hydrogen-bond acceptors (Lipinski definition) is 1. The third kappa shape index (κ3) is 4.14. The van der Waals surface area contributed by atoms with Gasteiger partial charge in [-0.05, 0) is 36.2 Å². The molecular weight excluding hydrogens is 329 g/mol. The summed E-state index contributed by atoms with van der Waals surface area (Å²) in [7, 11) is 0. The topological polar surface area (TPSA) is 12.0 Å². The molecule has 112 valence electrons. The first-order valence-electron chi connectivity index (χ1n) is 7.42. The largest absolute Gasteiger partial charge is 0.306 e. The van der Waals surface area contributed by atoms with Crippen molar-refractivity contribution in [3.63, 3.8) is 0 Å². The molecule has 0 radical (unpaired) electrons. The van der Waals surface area contributed by atoms with Gasteiger partial charge in [-0.1, -0.05) is 66.5 Å². The summed E-state index contributed by atoms with van der Waals surface area (Å²) in [5.41, 5.74) is 3.11. The van der Waals surface area contributed by atoms with Crippen LogP contribution in [0.4, 0.5) is 4.39 Å². The van der Waals surface area contributed by atoms with Crippen molar-refractivity contribution in [1.82, 2.24) is 5.32 Å². The van der Waals surface area contributed by atoms with E-state index < -0.39 is 0 Å². The van der Waals surface area contributed by atoms with E-state index in [4.69, 9.17) is 0 Å². The zero-order valence-electron chi connectivity index (χ0n) is 12.5. The van der Waals surface area contributed by atoms with Crippen LogP contribution in [0.5, 0.6) is 0 Å². The summed E-state index contributed by atoms with van der Waals surface area (Å²) in [5, 5.41) is 3.37. The summed E-state index contributed by atoms with van der Waals surface area (Å²) in [6.07, 6.45) is 2.22. The van der Waals surface area contributed by atoms with E-state index in [0.29, 0.717) is 5.56 Å². The van der Waals surface area contributed by atoms with E-state index in [2.05, 4.69) is 52.4 Å². The lowest BCUT2D eigenvalue weighted by Crippen LogP contribution is -2.23. The highest BCUT2D eigenvalue weighted by molar-refractivity contribution is 9.10. The molecule has 0 aliphatic carbocycles. The molecule has 1 nitrogen and oxygen atoms in total. The molecule has 0 heterocycles. The molecule has 0 aliphatic heterocycles. The number of nitrogens with one attached hydrogen (secondary N) is 1. The van der Waals surface area contributed by atoms with Gasteiger partial charge in [-0.25, -0.2) is 4.39 Å². The monoisotopic (exact) mass is 349 g/mol. The highest BCUT2D eigenvalue weighted by atomic mass is 79.9. The van der Waals surface area contributed by atoms with Gasteiger partial charge in [0.1, 0.15) is 5.82 Å². The van der Waals surface area contributed by atoms with Crippen LogP contribution < -0.4 is 5.32 Å². The maximum atomic E-state index is 14.2.